The molecule has 0 aliphatic rings. The first-order valence-electron chi connectivity index (χ1n) is 8.29. The molecule has 0 amide bonds. The summed E-state index contributed by atoms with van der Waals surface area (Å²) in [6.45, 7) is 1.83. The van der Waals surface area contributed by atoms with Crippen LogP contribution < -0.4 is 8.91 Å². The maximum atomic E-state index is 12.1. The number of benzene rings is 2. The molecule has 29 heavy (non-hydrogen) atoms. The average molecular weight is 412 g/mol. The predicted molar refractivity (Wildman–Crippen MR) is 107 cm³/mol. The van der Waals surface area contributed by atoms with E-state index in [1.807, 2.05) is 13.0 Å². The van der Waals surface area contributed by atoms with Gasteiger partial charge in [0.15, 0.2) is 0 Å². The number of aromatic nitrogens is 1. The summed E-state index contributed by atoms with van der Waals surface area (Å²) in [6, 6.07) is 13.8. The minimum absolute atomic E-state index is 0.261. The number of nitrogens with one attached hydrogen (secondary N) is 1. The first kappa shape index (κ1) is 20.0. The fourth-order valence-corrected chi connectivity index (χ4v) is 2.92. The topological polar surface area (TPSA) is 133 Å². The molecule has 2 aromatic carbocycles. The van der Waals surface area contributed by atoms with Gasteiger partial charge in [-0.15, -0.1) is 0 Å². The fourth-order valence-electron chi connectivity index (χ4n) is 2.22. The van der Waals surface area contributed by atoms with Crippen LogP contribution in [-0.4, -0.2) is 25.4 Å². The van der Waals surface area contributed by atoms with Crippen molar-refractivity contribution in [3.8, 4) is 11.5 Å². The van der Waals surface area contributed by atoms with Crippen LogP contribution in [0.2, 0.25) is 0 Å². The molecular weight excluding hydrogens is 396 g/mol. The lowest BCUT2D eigenvalue weighted by Gasteiger charge is -2.08. The number of hydrogen-bond donors (Lipinski definition) is 3. The van der Waals surface area contributed by atoms with Gasteiger partial charge in [-0.1, -0.05) is 6.07 Å². The zero-order chi connectivity index (χ0) is 20.8. The Kier molecular flexibility index (Phi) is 6.15. The molecule has 10 heteroatoms. The molecule has 0 aliphatic carbocycles. The first-order valence-corrected chi connectivity index (χ1v) is 9.36. The SMILES string of the molecule is Cc1cccnc1NS(=O)Oc1ccc(N=Nc2ccc(O)c(C(=O)O)c2)cc1. The smallest absolute Gasteiger partial charge is 0.339 e. The molecule has 3 rings (SSSR count). The van der Waals surface area contributed by atoms with Gasteiger partial charge in [0.2, 0.25) is 0 Å². The second-order valence-corrected chi connectivity index (χ2v) is 6.63. The highest BCUT2D eigenvalue weighted by Gasteiger charge is 2.10. The maximum Gasteiger partial charge on any atom is 0.339 e. The molecule has 0 saturated heterocycles. The molecule has 0 radical (unpaired) electrons. The van der Waals surface area contributed by atoms with Gasteiger partial charge in [0.05, 0.1) is 11.4 Å². The van der Waals surface area contributed by atoms with Crippen LogP contribution in [0.15, 0.2) is 71.0 Å². The van der Waals surface area contributed by atoms with Crippen LogP contribution in [0.1, 0.15) is 15.9 Å². The summed E-state index contributed by atoms with van der Waals surface area (Å²) in [5, 5.41) is 26.5. The van der Waals surface area contributed by atoms with Crippen molar-refractivity contribution < 1.29 is 23.4 Å². The van der Waals surface area contributed by atoms with Gasteiger partial charge in [-0.3, -0.25) is 4.72 Å². The number of rotatable bonds is 7. The Morgan fingerprint density at radius 3 is 2.48 bits per heavy atom. The molecule has 1 atom stereocenters. The zero-order valence-corrected chi connectivity index (χ0v) is 16.0. The van der Waals surface area contributed by atoms with Crippen LogP contribution in [-0.2, 0) is 11.3 Å². The predicted octanol–water partition coefficient (Wildman–Crippen LogP) is 4.28. The van der Waals surface area contributed by atoms with Crippen molar-refractivity contribution >= 4 is 34.4 Å². The van der Waals surface area contributed by atoms with E-state index in [0.717, 1.165) is 5.56 Å². The summed E-state index contributed by atoms with van der Waals surface area (Å²) in [5.41, 5.74) is 1.32. The minimum atomic E-state index is -1.83. The van der Waals surface area contributed by atoms with Crippen molar-refractivity contribution in [3.05, 3.63) is 71.9 Å². The number of pyridine rings is 1. The number of azo groups is 1. The summed E-state index contributed by atoms with van der Waals surface area (Å²) >= 11 is -1.83. The Hall–Kier alpha value is -3.79. The average Bonchev–Trinajstić information content (AvgIpc) is 2.70. The monoisotopic (exact) mass is 412 g/mol. The van der Waals surface area contributed by atoms with Crippen molar-refractivity contribution in [2.75, 3.05) is 4.72 Å². The van der Waals surface area contributed by atoms with E-state index in [9.17, 15) is 14.1 Å². The van der Waals surface area contributed by atoms with Gasteiger partial charge in [0.1, 0.15) is 22.9 Å². The van der Waals surface area contributed by atoms with Gasteiger partial charge in [-0.2, -0.15) is 14.4 Å². The Labute approximate surface area is 168 Å². The third-order valence-corrected chi connectivity index (χ3v) is 4.39. The zero-order valence-electron chi connectivity index (χ0n) is 15.1. The highest BCUT2D eigenvalue weighted by Crippen LogP contribution is 2.26. The number of aryl methyl sites for hydroxylation is 1. The quantitative estimate of drug-likeness (QED) is 0.496. The van der Waals surface area contributed by atoms with Crippen molar-refractivity contribution in [3.63, 3.8) is 0 Å². The Balaban J connectivity index is 1.64. The van der Waals surface area contributed by atoms with Gasteiger partial charge in [-0.25, -0.2) is 9.78 Å². The van der Waals surface area contributed by atoms with Gasteiger partial charge in [-0.05, 0) is 61.0 Å². The molecule has 9 nitrogen and oxygen atoms in total. The molecule has 1 aromatic heterocycles. The third kappa shape index (κ3) is 5.36. The Morgan fingerprint density at radius 2 is 1.79 bits per heavy atom. The second-order valence-electron chi connectivity index (χ2n) is 5.79. The number of aromatic carboxylic acids is 1. The number of anilines is 1. The molecule has 0 bridgehead atoms. The van der Waals surface area contributed by atoms with Crippen LogP contribution in [0.4, 0.5) is 17.2 Å². The molecule has 1 heterocycles. The summed E-state index contributed by atoms with van der Waals surface area (Å²) in [7, 11) is 0. The number of nitrogens with zero attached hydrogens (tertiary/aromatic N) is 3. The largest absolute Gasteiger partial charge is 0.507 e. The molecule has 3 N–H and O–H groups in total. The first-order chi connectivity index (χ1) is 13.9. The normalized spacial score (nSPS) is 11.9. The summed E-state index contributed by atoms with van der Waals surface area (Å²) < 4.78 is 20.0. The molecule has 148 valence electrons. The van der Waals surface area contributed by atoms with E-state index in [1.165, 1.54) is 18.2 Å². The van der Waals surface area contributed by atoms with Crippen LogP contribution in [0.3, 0.4) is 0 Å². The molecule has 1 unspecified atom stereocenters. The standard InChI is InChI=1S/C19H16N4O5S/c1-12-3-2-10-20-18(12)23-29(27)28-15-7-4-13(5-8-15)21-22-14-6-9-17(24)16(11-14)19(25)26/h2-11,24H,1H3,(H,20,23)(H,25,26). The van der Waals surface area contributed by atoms with Gasteiger partial charge >= 0.3 is 17.2 Å². The van der Waals surface area contributed by atoms with Gasteiger partial charge in [0, 0.05) is 6.20 Å². The number of aromatic hydroxyl groups is 1. The molecule has 0 spiro atoms. The Bertz CT molecular complexity index is 1090. The number of hydrogen-bond acceptors (Lipinski definition) is 7. The van der Waals surface area contributed by atoms with Crippen LogP contribution >= 0.6 is 0 Å². The highest BCUT2D eigenvalue weighted by molar-refractivity contribution is 7.81. The van der Waals surface area contributed by atoms with Crippen LogP contribution in [0.5, 0.6) is 11.5 Å². The summed E-state index contributed by atoms with van der Waals surface area (Å²) in [4.78, 5) is 15.1. The fraction of sp³-hybridized carbons (Fsp3) is 0.0526. The van der Waals surface area contributed by atoms with Crippen molar-refractivity contribution in [2.45, 2.75) is 6.92 Å². The second kappa shape index (κ2) is 8.93. The van der Waals surface area contributed by atoms with E-state index >= 15 is 0 Å². The van der Waals surface area contributed by atoms with E-state index in [4.69, 9.17) is 9.29 Å². The van der Waals surface area contributed by atoms with Crippen molar-refractivity contribution in [1.29, 1.82) is 0 Å². The summed E-state index contributed by atoms with van der Waals surface area (Å²) in [6.07, 6.45) is 1.58. The Morgan fingerprint density at radius 1 is 1.10 bits per heavy atom. The number of carbonyl (C=O) groups is 1. The van der Waals surface area contributed by atoms with Gasteiger partial charge < -0.3 is 14.4 Å². The number of carboxylic acid groups (broad SMARTS) is 1. The number of phenols is 1. The van der Waals surface area contributed by atoms with E-state index in [0.29, 0.717) is 17.3 Å². The number of carboxylic acids is 1. The lowest BCUT2D eigenvalue weighted by Crippen LogP contribution is -2.12. The molecule has 0 saturated carbocycles. The van der Waals surface area contributed by atoms with E-state index in [-0.39, 0.29) is 17.0 Å². The molecule has 0 fully saturated rings. The van der Waals surface area contributed by atoms with Crippen molar-refractivity contribution in [1.82, 2.24) is 4.98 Å². The lowest BCUT2D eigenvalue weighted by atomic mass is 10.2. The minimum Gasteiger partial charge on any atom is -0.507 e. The van der Waals surface area contributed by atoms with Crippen LogP contribution in [0.25, 0.3) is 0 Å². The molecular formula is C19H16N4O5S. The third-order valence-electron chi connectivity index (χ3n) is 3.69. The lowest BCUT2D eigenvalue weighted by molar-refractivity contribution is 0.0693. The highest BCUT2D eigenvalue weighted by atomic mass is 32.2. The van der Waals surface area contributed by atoms with Crippen LogP contribution in [0, 0.1) is 6.92 Å². The van der Waals surface area contributed by atoms with Gasteiger partial charge in [0.25, 0.3) is 0 Å². The maximum absolute atomic E-state index is 12.1. The van der Waals surface area contributed by atoms with Crippen molar-refractivity contribution in [2.24, 2.45) is 10.2 Å². The van der Waals surface area contributed by atoms with E-state index < -0.39 is 17.2 Å². The molecule has 3 aromatic rings. The summed E-state index contributed by atoms with van der Waals surface area (Å²) in [5.74, 6) is -0.795. The molecule has 0 aliphatic heterocycles. The van der Waals surface area contributed by atoms with E-state index in [2.05, 4.69) is 19.9 Å². The van der Waals surface area contributed by atoms with E-state index in [1.54, 1.807) is 36.5 Å².